The fourth-order valence-electron chi connectivity index (χ4n) is 3.47. The van der Waals surface area contributed by atoms with Crippen molar-refractivity contribution in [2.45, 2.75) is 52.2 Å². The molecule has 0 radical (unpaired) electrons. The highest BCUT2D eigenvalue weighted by Gasteiger charge is 2.33. The molecule has 0 bridgehead atoms. The van der Waals surface area contributed by atoms with Crippen molar-refractivity contribution >= 4 is 73.9 Å². The van der Waals surface area contributed by atoms with E-state index in [0.29, 0.717) is 22.0 Å². The first-order valence-corrected chi connectivity index (χ1v) is 14.6. The molecule has 0 saturated heterocycles. The van der Waals surface area contributed by atoms with E-state index in [1.165, 1.54) is 29.2 Å². The van der Waals surface area contributed by atoms with Gasteiger partial charge in [0, 0.05) is 22.6 Å². The Labute approximate surface area is 232 Å². The smallest absolute Gasteiger partial charge is 0.244 e. The zero-order valence-corrected chi connectivity index (χ0v) is 24.2. The Hall–Kier alpha value is -1.71. The SMILES string of the molecule is CC[C@@H](C)NC(=O)[C@H](CC)N(Cc1ccc(Cl)cc1Cl)C(=O)CN(c1cccc(Cl)c1Cl)S(C)(=O)=O. The van der Waals surface area contributed by atoms with Gasteiger partial charge in [-0.25, -0.2) is 8.42 Å². The average molecular weight is 597 g/mol. The number of carbonyl (C=O) groups is 2. The van der Waals surface area contributed by atoms with Gasteiger partial charge >= 0.3 is 0 Å². The van der Waals surface area contributed by atoms with Crippen LogP contribution in [0.15, 0.2) is 36.4 Å². The van der Waals surface area contributed by atoms with Crippen LogP contribution in [0, 0.1) is 0 Å². The normalized spacial score (nSPS) is 13.1. The van der Waals surface area contributed by atoms with Gasteiger partial charge in [0.15, 0.2) is 0 Å². The number of carbonyl (C=O) groups excluding carboxylic acids is 2. The highest BCUT2D eigenvalue weighted by molar-refractivity contribution is 7.92. The highest BCUT2D eigenvalue weighted by Crippen LogP contribution is 2.34. The van der Waals surface area contributed by atoms with Crippen LogP contribution in [0.1, 0.15) is 39.2 Å². The molecule has 0 saturated carbocycles. The van der Waals surface area contributed by atoms with Crippen LogP contribution in [-0.2, 0) is 26.2 Å². The number of hydrogen-bond donors (Lipinski definition) is 1. The third-order valence-corrected chi connectivity index (χ3v) is 8.14. The van der Waals surface area contributed by atoms with Crippen molar-refractivity contribution in [1.82, 2.24) is 10.2 Å². The van der Waals surface area contributed by atoms with Crippen LogP contribution in [0.25, 0.3) is 0 Å². The van der Waals surface area contributed by atoms with E-state index in [9.17, 15) is 18.0 Å². The quantitative estimate of drug-likeness (QED) is 0.356. The minimum Gasteiger partial charge on any atom is -0.352 e. The summed E-state index contributed by atoms with van der Waals surface area (Å²) in [5.41, 5.74) is 0.609. The van der Waals surface area contributed by atoms with Gasteiger partial charge in [-0.15, -0.1) is 0 Å². The van der Waals surface area contributed by atoms with Gasteiger partial charge in [0.2, 0.25) is 21.8 Å². The first-order chi connectivity index (χ1) is 16.8. The maximum atomic E-state index is 13.7. The van der Waals surface area contributed by atoms with Gasteiger partial charge in [-0.05, 0) is 49.6 Å². The van der Waals surface area contributed by atoms with Crippen molar-refractivity contribution in [3.63, 3.8) is 0 Å². The molecule has 36 heavy (non-hydrogen) atoms. The van der Waals surface area contributed by atoms with E-state index in [-0.39, 0.29) is 40.6 Å². The molecule has 2 aromatic carbocycles. The zero-order chi connectivity index (χ0) is 27.2. The molecule has 12 heteroatoms. The molecule has 2 aromatic rings. The number of benzene rings is 2. The van der Waals surface area contributed by atoms with Gasteiger partial charge in [-0.3, -0.25) is 13.9 Å². The average Bonchev–Trinajstić information content (AvgIpc) is 2.79. The van der Waals surface area contributed by atoms with Crippen LogP contribution < -0.4 is 9.62 Å². The molecule has 0 aliphatic rings. The van der Waals surface area contributed by atoms with Crippen LogP contribution in [0.3, 0.4) is 0 Å². The summed E-state index contributed by atoms with van der Waals surface area (Å²) in [7, 11) is -3.95. The molecule has 7 nitrogen and oxygen atoms in total. The molecule has 2 atom stereocenters. The Morgan fingerprint density at radius 2 is 1.67 bits per heavy atom. The summed E-state index contributed by atoms with van der Waals surface area (Å²) in [6.07, 6.45) is 1.95. The highest BCUT2D eigenvalue weighted by atomic mass is 35.5. The zero-order valence-electron chi connectivity index (χ0n) is 20.4. The predicted octanol–water partition coefficient (Wildman–Crippen LogP) is 5.79. The second-order valence-corrected chi connectivity index (χ2v) is 11.9. The van der Waals surface area contributed by atoms with Crippen LogP contribution in [-0.4, -0.2) is 50.0 Å². The Kier molecular flexibility index (Phi) is 11.2. The summed E-state index contributed by atoms with van der Waals surface area (Å²) < 4.78 is 26.3. The second kappa shape index (κ2) is 13.2. The number of hydrogen-bond acceptors (Lipinski definition) is 4. The lowest BCUT2D eigenvalue weighted by Crippen LogP contribution is -2.53. The number of nitrogens with zero attached hydrogens (tertiary/aromatic N) is 2. The maximum absolute atomic E-state index is 13.7. The lowest BCUT2D eigenvalue weighted by Gasteiger charge is -2.33. The van der Waals surface area contributed by atoms with E-state index in [1.807, 2.05) is 13.8 Å². The third kappa shape index (κ3) is 7.89. The van der Waals surface area contributed by atoms with Gasteiger partial charge < -0.3 is 10.2 Å². The summed E-state index contributed by atoms with van der Waals surface area (Å²) in [4.78, 5) is 28.2. The molecule has 0 aliphatic carbocycles. The Morgan fingerprint density at radius 3 is 2.22 bits per heavy atom. The number of sulfonamides is 1. The van der Waals surface area contributed by atoms with Gasteiger partial charge in [0.1, 0.15) is 12.6 Å². The summed E-state index contributed by atoms with van der Waals surface area (Å²) >= 11 is 24.8. The van der Waals surface area contributed by atoms with Crippen LogP contribution in [0.4, 0.5) is 5.69 Å². The summed E-state index contributed by atoms with van der Waals surface area (Å²) in [6.45, 7) is 4.92. The lowest BCUT2D eigenvalue weighted by molar-refractivity contribution is -0.140. The van der Waals surface area contributed by atoms with Crippen molar-refractivity contribution in [1.29, 1.82) is 0 Å². The Balaban J connectivity index is 2.52. The molecular weight excluding hydrogens is 568 g/mol. The number of nitrogens with one attached hydrogen (secondary N) is 1. The molecule has 0 aromatic heterocycles. The van der Waals surface area contributed by atoms with E-state index in [1.54, 1.807) is 19.1 Å². The number of rotatable bonds is 11. The summed E-state index contributed by atoms with van der Waals surface area (Å²) in [5, 5.41) is 3.76. The van der Waals surface area contributed by atoms with Crippen molar-refractivity contribution in [3.05, 3.63) is 62.1 Å². The molecule has 0 unspecified atom stereocenters. The van der Waals surface area contributed by atoms with Gasteiger partial charge in [0.05, 0.1) is 22.0 Å². The Bertz CT molecular complexity index is 1210. The first-order valence-electron chi connectivity index (χ1n) is 11.3. The molecule has 2 rings (SSSR count). The Morgan fingerprint density at radius 1 is 1.00 bits per heavy atom. The number of amides is 2. The van der Waals surface area contributed by atoms with E-state index >= 15 is 0 Å². The molecule has 0 heterocycles. The maximum Gasteiger partial charge on any atom is 0.244 e. The van der Waals surface area contributed by atoms with E-state index in [2.05, 4.69) is 5.32 Å². The molecule has 0 aliphatic heterocycles. The summed E-state index contributed by atoms with van der Waals surface area (Å²) in [6, 6.07) is 8.33. The molecule has 2 amide bonds. The molecule has 198 valence electrons. The minimum atomic E-state index is -3.95. The third-order valence-electron chi connectivity index (χ3n) is 5.62. The van der Waals surface area contributed by atoms with Crippen LogP contribution in [0.2, 0.25) is 20.1 Å². The molecule has 0 fully saturated rings. The topological polar surface area (TPSA) is 86.8 Å². The van der Waals surface area contributed by atoms with Crippen molar-refractivity contribution in [2.75, 3.05) is 17.1 Å². The fourth-order valence-corrected chi connectivity index (χ4v) is 5.24. The van der Waals surface area contributed by atoms with Crippen LogP contribution in [0.5, 0.6) is 0 Å². The van der Waals surface area contributed by atoms with Crippen LogP contribution >= 0.6 is 46.4 Å². The molecular formula is C24H29Cl4N3O4S. The van der Waals surface area contributed by atoms with Crippen molar-refractivity contribution in [2.24, 2.45) is 0 Å². The lowest BCUT2D eigenvalue weighted by atomic mass is 10.1. The van der Waals surface area contributed by atoms with Crippen molar-refractivity contribution < 1.29 is 18.0 Å². The second-order valence-electron chi connectivity index (χ2n) is 8.34. The molecule has 1 N–H and O–H groups in total. The van der Waals surface area contributed by atoms with Gasteiger partial charge in [-0.1, -0.05) is 72.4 Å². The molecule has 0 spiro atoms. The summed E-state index contributed by atoms with van der Waals surface area (Å²) in [5.74, 6) is -0.967. The van der Waals surface area contributed by atoms with Gasteiger partial charge in [0.25, 0.3) is 0 Å². The number of halogens is 4. The van der Waals surface area contributed by atoms with E-state index in [0.717, 1.165) is 10.6 Å². The van der Waals surface area contributed by atoms with Crippen molar-refractivity contribution in [3.8, 4) is 0 Å². The standard InChI is InChI=1S/C24H29Cl4N3O4S/c1-5-15(3)29-24(33)20(6-2)30(13-16-10-11-17(25)12-19(16)27)22(32)14-31(36(4,34)35)21-9-7-8-18(26)23(21)28/h7-12,15,20H,5-6,13-14H2,1-4H3,(H,29,33)/t15-,20+/m1/s1. The predicted molar refractivity (Wildman–Crippen MR) is 148 cm³/mol. The fraction of sp³-hybridized carbons (Fsp3) is 0.417. The minimum absolute atomic E-state index is 0.00811. The largest absolute Gasteiger partial charge is 0.352 e. The van der Waals surface area contributed by atoms with E-state index in [4.69, 9.17) is 46.4 Å². The van der Waals surface area contributed by atoms with Gasteiger partial charge in [-0.2, -0.15) is 0 Å². The monoisotopic (exact) mass is 595 g/mol. The van der Waals surface area contributed by atoms with E-state index < -0.39 is 28.5 Å². The first kappa shape index (κ1) is 30.5. The number of anilines is 1.